The summed E-state index contributed by atoms with van der Waals surface area (Å²) in [6, 6.07) is 15.3. The molecule has 0 aliphatic heterocycles. The molecule has 0 amide bonds. The quantitative estimate of drug-likeness (QED) is 0.561. The second-order valence-corrected chi connectivity index (χ2v) is 4.56. The van der Waals surface area contributed by atoms with Gasteiger partial charge in [-0.25, -0.2) is 0 Å². The summed E-state index contributed by atoms with van der Waals surface area (Å²) in [6.45, 7) is 1.80. The van der Waals surface area contributed by atoms with E-state index in [0.29, 0.717) is 0 Å². The van der Waals surface area contributed by atoms with Gasteiger partial charge in [-0.15, -0.1) is 17.0 Å². The van der Waals surface area contributed by atoms with Crippen molar-refractivity contribution < 1.29 is 10.2 Å². The predicted molar refractivity (Wildman–Crippen MR) is 86.8 cm³/mol. The van der Waals surface area contributed by atoms with Crippen molar-refractivity contribution in [1.29, 1.82) is 0 Å². The van der Waals surface area contributed by atoms with Crippen LogP contribution in [0.3, 0.4) is 0 Å². The highest BCUT2D eigenvalue weighted by molar-refractivity contribution is 8.93. The van der Waals surface area contributed by atoms with E-state index in [-0.39, 0.29) is 28.5 Å². The number of halogens is 1. The van der Waals surface area contributed by atoms with Crippen molar-refractivity contribution in [3.05, 3.63) is 59.7 Å². The van der Waals surface area contributed by atoms with E-state index in [4.69, 9.17) is 0 Å². The zero-order valence-electron chi connectivity index (χ0n) is 11.2. The van der Waals surface area contributed by atoms with Gasteiger partial charge in [0.25, 0.3) is 0 Å². The van der Waals surface area contributed by atoms with E-state index in [1.165, 1.54) is 11.6 Å². The van der Waals surface area contributed by atoms with Gasteiger partial charge in [0, 0.05) is 0 Å². The fraction of sp³-hybridized carbons (Fsp3) is 0.250. The summed E-state index contributed by atoms with van der Waals surface area (Å²) in [7, 11) is 0. The number of hydrogen-bond acceptors (Lipinski definition) is 3. The predicted octanol–water partition coefficient (Wildman–Crippen LogP) is 3.05. The van der Waals surface area contributed by atoms with E-state index < -0.39 is 0 Å². The highest BCUT2D eigenvalue weighted by atomic mass is 79.9. The average Bonchev–Trinajstić information content (AvgIpc) is 2.43. The highest BCUT2D eigenvalue weighted by Crippen LogP contribution is 2.24. The smallest absolute Gasteiger partial charge is 0.157 e. The molecule has 0 aliphatic rings. The van der Waals surface area contributed by atoms with E-state index in [1.807, 2.05) is 12.1 Å². The zero-order chi connectivity index (χ0) is 13.5. The van der Waals surface area contributed by atoms with Crippen LogP contribution in [0.15, 0.2) is 48.5 Å². The second kappa shape index (κ2) is 8.61. The maximum Gasteiger partial charge on any atom is 0.157 e. The molecule has 0 aromatic heterocycles. The molecule has 0 saturated heterocycles. The molecular weight excluding hydrogens is 318 g/mol. The Morgan fingerprint density at radius 2 is 1.40 bits per heavy atom. The van der Waals surface area contributed by atoms with Gasteiger partial charge in [0.2, 0.25) is 0 Å². The zero-order valence-corrected chi connectivity index (χ0v) is 13.0. The van der Waals surface area contributed by atoms with Crippen LogP contribution >= 0.6 is 17.0 Å². The highest BCUT2D eigenvalue weighted by Gasteiger charge is 2.00. The van der Waals surface area contributed by atoms with Crippen molar-refractivity contribution >= 4 is 17.0 Å². The Labute approximate surface area is 130 Å². The molecule has 0 heterocycles. The lowest BCUT2D eigenvalue weighted by molar-refractivity contribution is 0.403. The van der Waals surface area contributed by atoms with Gasteiger partial charge >= 0.3 is 0 Å². The minimum absolute atomic E-state index is 0. The van der Waals surface area contributed by atoms with Crippen LogP contribution in [0.5, 0.6) is 11.5 Å². The Morgan fingerprint density at radius 1 is 0.750 bits per heavy atom. The van der Waals surface area contributed by atoms with Gasteiger partial charge in [0.05, 0.1) is 0 Å². The average molecular weight is 338 g/mol. The van der Waals surface area contributed by atoms with Crippen LogP contribution in [-0.2, 0) is 12.8 Å². The summed E-state index contributed by atoms with van der Waals surface area (Å²) in [4.78, 5) is 0. The molecule has 0 bridgehead atoms. The standard InChI is InChI=1S/C16H19NO2.BrH/c18-15-7-6-14(12-16(15)19)9-11-17-10-8-13-4-2-1-3-5-13;/h1-7,12,17-19H,8-11H2;1H. The number of phenolic OH excluding ortho intramolecular Hbond substituents is 2. The number of hydrogen-bond donors (Lipinski definition) is 3. The molecule has 108 valence electrons. The summed E-state index contributed by atoms with van der Waals surface area (Å²) in [5.41, 5.74) is 2.35. The first-order chi connectivity index (χ1) is 9.25. The van der Waals surface area contributed by atoms with Crippen molar-refractivity contribution in [2.24, 2.45) is 0 Å². The van der Waals surface area contributed by atoms with Crippen molar-refractivity contribution in [2.75, 3.05) is 13.1 Å². The number of nitrogens with one attached hydrogen (secondary N) is 1. The molecule has 0 fully saturated rings. The lowest BCUT2D eigenvalue weighted by Gasteiger charge is -2.06. The summed E-state index contributed by atoms with van der Waals surface area (Å²) in [5, 5.41) is 22.0. The molecule has 0 spiro atoms. The fourth-order valence-electron chi connectivity index (χ4n) is 1.96. The Balaban J connectivity index is 0.00000200. The van der Waals surface area contributed by atoms with Crippen molar-refractivity contribution in [1.82, 2.24) is 5.32 Å². The van der Waals surface area contributed by atoms with Crippen LogP contribution < -0.4 is 5.32 Å². The van der Waals surface area contributed by atoms with E-state index in [2.05, 4.69) is 29.6 Å². The largest absolute Gasteiger partial charge is 0.504 e. The van der Waals surface area contributed by atoms with E-state index >= 15 is 0 Å². The van der Waals surface area contributed by atoms with Crippen LogP contribution in [0.25, 0.3) is 0 Å². The van der Waals surface area contributed by atoms with Crippen molar-refractivity contribution in [3.8, 4) is 11.5 Å². The summed E-state index contributed by atoms with van der Waals surface area (Å²) >= 11 is 0. The molecule has 3 nitrogen and oxygen atoms in total. The van der Waals surface area contributed by atoms with Crippen LogP contribution in [0.1, 0.15) is 11.1 Å². The molecule has 4 heteroatoms. The van der Waals surface area contributed by atoms with E-state index in [0.717, 1.165) is 31.5 Å². The molecule has 0 radical (unpaired) electrons. The van der Waals surface area contributed by atoms with Crippen LogP contribution in [-0.4, -0.2) is 23.3 Å². The normalized spacial score (nSPS) is 10.0. The first-order valence-corrected chi connectivity index (χ1v) is 6.51. The topological polar surface area (TPSA) is 52.5 Å². The first kappa shape index (κ1) is 16.5. The van der Waals surface area contributed by atoms with Gasteiger partial charge in [-0.05, 0) is 49.2 Å². The Kier molecular flexibility index (Phi) is 7.12. The lowest BCUT2D eigenvalue weighted by Crippen LogP contribution is -2.20. The molecule has 20 heavy (non-hydrogen) atoms. The maximum absolute atomic E-state index is 9.38. The van der Waals surface area contributed by atoms with Crippen LogP contribution in [0.2, 0.25) is 0 Å². The molecule has 2 aromatic rings. The molecule has 3 N–H and O–H groups in total. The molecule has 2 rings (SSSR count). The Bertz CT molecular complexity index is 517. The maximum atomic E-state index is 9.38. The molecule has 0 saturated carbocycles. The lowest BCUT2D eigenvalue weighted by atomic mass is 10.1. The number of aromatic hydroxyl groups is 2. The minimum Gasteiger partial charge on any atom is -0.504 e. The minimum atomic E-state index is -0.0687. The van der Waals surface area contributed by atoms with Gasteiger partial charge in [0.15, 0.2) is 11.5 Å². The second-order valence-electron chi connectivity index (χ2n) is 4.56. The van der Waals surface area contributed by atoms with E-state index in [1.54, 1.807) is 6.07 Å². The first-order valence-electron chi connectivity index (χ1n) is 6.51. The number of benzene rings is 2. The molecule has 0 aliphatic carbocycles. The summed E-state index contributed by atoms with van der Waals surface area (Å²) in [6.07, 6.45) is 1.85. The van der Waals surface area contributed by atoms with Gasteiger partial charge in [-0.2, -0.15) is 0 Å². The molecular formula is C16H20BrNO2. The van der Waals surface area contributed by atoms with Gasteiger partial charge in [-0.3, -0.25) is 0 Å². The Morgan fingerprint density at radius 3 is 2.05 bits per heavy atom. The van der Waals surface area contributed by atoms with Crippen LogP contribution in [0.4, 0.5) is 0 Å². The molecule has 0 unspecified atom stereocenters. The Hall–Kier alpha value is -1.52. The number of phenols is 2. The van der Waals surface area contributed by atoms with Gasteiger partial charge in [-0.1, -0.05) is 36.4 Å². The summed E-state index contributed by atoms with van der Waals surface area (Å²) in [5.74, 6) is -0.123. The van der Waals surface area contributed by atoms with E-state index in [9.17, 15) is 10.2 Å². The monoisotopic (exact) mass is 337 g/mol. The third kappa shape index (κ3) is 5.23. The third-order valence-corrected chi connectivity index (χ3v) is 3.06. The van der Waals surface area contributed by atoms with Crippen molar-refractivity contribution in [3.63, 3.8) is 0 Å². The molecule has 2 aromatic carbocycles. The van der Waals surface area contributed by atoms with Crippen LogP contribution in [0, 0.1) is 0 Å². The van der Waals surface area contributed by atoms with Gasteiger partial charge in [0.1, 0.15) is 0 Å². The number of rotatable bonds is 6. The van der Waals surface area contributed by atoms with Crippen molar-refractivity contribution in [2.45, 2.75) is 12.8 Å². The van der Waals surface area contributed by atoms with Gasteiger partial charge < -0.3 is 15.5 Å². The summed E-state index contributed by atoms with van der Waals surface area (Å²) < 4.78 is 0. The third-order valence-electron chi connectivity index (χ3n) is 3.06. The molecule has 0 atom stereocenters. The SMILES string of the molecule is Br.Oc1ccc(CCNCCc2ccccc2)cc1O. The fourth-order valence-corrected chi connectivity index (χ4v) is 1.96.